The number of aromatic amines is 1. The molecule has 1 aliphatic rings. The van der Waals surface area contributed by atoms with Crippen molar-refractivity contribution in [3.63, 3.8) is 0 Å². The zero-order chi connectivity index (χ0) is 13.8. The Morgan fingerprint density at radius 1 is 1.21 bits per heavy atom. The minimum Gasteiger partial charge on any atom is -0.399 e. The molecule has 6 heteroatoms. The molecule has 0 saturated carbocycles. The van der Waals surface area contributed by atoms with E-state index in [0.717, 1.165) is 5.39 Å². The number of nitrogens with one attached hydrogen (secondary N) is 1. The molecule has 100 valence electrons. The second-order valence-electron chi connectivity index (χ2n) is 5.87. The quantitative estimate of drug-likeness (QED) is 0.631. The van der Waals surface area contributed by atoms with E-state index in [9.17, 15) is 4.39 Å². The molecule has 3 heterocycles. The van der Waals surface area contributed by atoms with Gasteiger partial charge in [0.05, 0.1) is 11.2 Å². The lowest BCUT2D eigenvalue weighted by atomic mass is 9.79. The van der Waals surface area contributed by atoms with Crippen LogP contribution in [0.3, 0.4) is 0 Å². The summed E-state index contributed by atoms with van der Waals surface area (Å²) in [6, 6.07) is 3.56. The van der Waals surface area contributed by atoms with Crippen molar-refractivity contribution in [2.24, 2.45) is 0 Å². The molecule has 4 nitrogen and oxygen atoms in total. The number of hydrogen-bond acceptors (Lipinski definition) is 3. The Kier molecular flexibility index (Phi) is 2.53. The Morgan fingerprint density at radius 3 is 2.47 bits per heavy atom. The summed E-state index contributed by atoms with van der Waals surface area (Å²) < 4.78 is 25.7. The summed E-state index contributed by atoms with van der Waals surface area (Å²) in [6.07, 6.45) is 1.73. The molecule has 0 spiro atoms. The van der Waals surface area contributed by atoms with Gasteiger partial charge in [0.2, 0.25) is 5.95 Å². The molecule has 0 bridgehead atoms. The third-order valence-electron chi connectivity index (χ3n) is 4.02. The molecule has 2 aromatic heterocycles. The van der Waals surface area contributed by atoms with Gasteiger partial charge in [-0.05, 0) is 39.8 Å². The van der Waals surface area contributed by atoms with E-state index in [1.165, 1.54) is 0 Å². The number of H-pyrrole nitrogens is 1. The Hall–Kier alpha value is -1.40. The molecular weight excluding hydrogens is 246 g/mol. The summed E-state index contributed by atoms with van der Waals surface area (Å²) in [5, 5.41) is 0.839. The molecule has 3 rings (SSSR count). The van der Waals surface area contributed by atoms with Crippen LogP contribution in [0.5, 0.6) is 0 Å². The topological polar surface area (TPSA) is 47.1 Å². The van der Waals surface area contributed by atoms with Gasteiger partial charge < -0.3 is 14.3 Å². The van der Waals surface area contributed by atoms with Crippen LogP contribution in [0.25, 0.3) is 11.0 Å². The van der Waals surface area contributed by atoms with E-state index in [2.05, 4.69) is 9.97 Å². The normalized spacial score (nSPS) is 21.2. The van der Waals surface area contributed by atoms with E-state index in [1.807, 2.05) is 33.8 Å². The SMILES string of the molecule is CC1(C)OB(c2cc3cc[nH]c3nc2F)OC1(C)C. The molecule has 1 N–H and O–H groups in total. The molecule has 1 fully saturated rings. The van der Waals surface area contributed by atoms with Crippen LogP contribution in [-0.2, 0) is 9.31 Å². The van der Waals surface area contributed by atoms with Crippen molar-refractivity contribution in [1.82, 2.24) is 9.97 Å². The number of hydrogen-bond donors (Lipinski definition) is 1. The van der Waals surface area contributed by atoms with Gasteiger partial charge in [0, 0.05) is 17.0 Å². The van der Waals surface area contributed by atoms with Gasteiger partial charge in [-0.15, -0.1) is 0 Å². The van der Waals surface area contributed by atoms with Gasteiger partial charge in [-0.25, -0.2) is 4.98 Å². The zero-order valence-corrected chi connectivity index (χ0v) is 11.5. The monoisotopic (exact) mass is 262 g/mol. The first-order chi connectivity index (χ1) is 8.80. The second kappa shape index (κ2) is 3.80. The smallest absolute Gasteiger partial charge is 0.399 e. The molecule has 1 saturated heterocycles. The summed E-state index contributed by atoms with van der Waals surface area (Å²) in [5.74, 6) is -0.562. The third kappa shape index (κ3) is 1.86. The predicted octanol–water partition coefficient (Wildman–Crippen LogP) is 2.00. The van der Waals surface area contributed by atoms with Crippen LogP contribution < -0.4 is 5.46 Å². The fourth-order valence-electron chi connectivity index (χ4n) is 2.11. The lowest BCUT2D eigenvalue weighted by Gasteiger charge is -2.32. The number of aromatic nitrogens is 2. The highest BCUT2D eigenvalue weighted by Crippen LogP contribution is 2.36. The fourth-order valence-corrected chi connectivity index (χ4v) is 2.11. The van der Waals surface area contributed by atoms with Gasteiger partial charge in [0.15, 0.2) is 0 Å². The summed E-state index contributed by atoms with van der Waals surface area (Å²) >= 11 is 0. The molecule has 1 aliphatic heterocycles. The molecule has 19 heavy (non-hydrogen) atoms. The van der Waals surface area contributed by atoms with Gasteiger partial charge in [0.25, 0.3) is 0 Å². The lowest BCUT2D eigenvalue weighted by molar-refractivity contribution is 0.00578. The van der Waals surface area contributed by atoms with Crippen molar-refractivity contribution in [1.29, 1.82) is 0 Å². The molecule has 0 atom stereocenters. The molecule has 0 amide bonds. The van der Waals surface area contributed by atoms with E-state index < -0.39 is 24.3 Å². The van der Waals surface area contributed by atoms with Gasteiger partial charge in [0.1, 0.15) is 5.65 Å². The first kappa shape index (κ1) is 12.6. The van der Waals surface area contributed by atoms with Crippen LogP contribution in [0.15, 0.2) is 18.3 Å². The number of pyridine rings is 1. The van der Waals surface area contributed by atoms with Crippen LogP contribution >= 0.6 is 0 Å². The number of fused-ring (bicyclic) bond motifs is 1. The minimum absolute atomic E-state index is 0.339. The van der Waals surface area contributed by atoms with E-state index in [0.29, 0.717) is 11.1 Å². The van der Waals surface area contributed by atoms with Crippen LogP contribution in [0.2, 0.25) is 0 Å². The summed E-state index contributed by atoms with van der Waals surface area (Å²) in [7, 11) is -0.725. The van der Waals surface area contributed by atoms with Crippen molar-refractivity contribution >= 4 is 23.6 Å². The maximum Gasteiger partial charge on any atom is 0.499 e. The average Bonchev–Trinajstić information content (AvgIpc) is 2.80. The van der Waals surface area contributed by atoms with E-state index in [1.54, 1.807) is 12.3 Å². The highest BCUT2D eigenvalue weighted by Gasteiger charge is 2.52. The summed E-state index contributed by atoms with van der Waals surface area (Å²) in [6.45, 7) is 7.75. The maximum atomic E-state index is 14.1. The Labute approximate surface area is 111 Å². The summed E-state index contributed by atoms with van der Waals surface area (Å²) in [4.78, 5) is 6.77. The van der Waals surface area contributed by atoms with E-state index >= 15 is 0 Å². The van der Waals surface area contributed by atoms with Crippen LogP contribution in [0, 0.1) is 5.95 Å². The van der Waals surface area contributed by atoms with Crippen LogP contribution in [-0.4, -0.2) is 28.3 Å². The number of nitrogens with zero attached hydrogens (tertiary/aromatic N) is 1. The lowest BCUT2D eigenvalue weighted by Crippen LogP contribution is -2.41. The molecular formula is C13H16BFN2O2. The zero-order valence-electron chi connectivity index (χ0n) is 11.5. The first-order valence-corrected chi connectivity index (χ1v) is 6.29. The highest BCUT2D eigenvalue weighted by atomic mass is 19.1. The van der Waals surface area contributed by atoms with Crippen molar-refractivity contribution in [3.05, 3.63) is 24.3 Å². The average molecular weight is 262 g/mol. The van der Waals surface area contributed by atoms with Crippen molar-refractivity contribution in [2.75, 3.05) is 0 Å². The Morgan fingerprint density at radius 2 is 1.84 bits per heavy atom. The van der Waals surface area contributed by atoms with Crippen molar-refractivity contribution < 1.29 is 13.7 Å². The number of rotatable bonds is 1. The molecule has 0 aromatic carbocycles. The largest absolute Gasteiger partial charge is 0.499 e. The highest BCUT2D eigenvalue weighted by molar-refractivity contribution is 6.62. The van der Waals surface area contributed by atoms with Gasteiger partial charge in [-0.2, -0.15) is 4.39 Å². The molecule has 0 aliphatic carbocycles. The van der Waals surface area contributed by atoms with Crippen molar-refractivity contribution in [2.45, 2.75) is 38.9 Å². The Bertz CT molecular complexity index is 623. The van der Waals surface area contributed by atoms with Gasteiger partial charge in [-0.1, -0.05) is 0 Å². The van der Waals surface area contributed by atoms with E-state index in [-0.39, 0.29) is 0 Å². The number of halogens is 1. The van der Waals surface area contributed by atoms with Crippen LogP contribution in [0.1, 0.15) is 27.7 Å². The first-order valence-electron chi connectivity index (χ1n) is 6.29. The molecule has 0 unspecified atom stereocenters. The van der Waals surface area contributed by atoms with Gasteiger partial charge >= 0.3 is 7.12 Å². The second-order valence-corrected chi connectivity index (χ2v) is 5.87. The maximum absolute atomic E-state index is 14.1. The third-order valence-corrected chi connectivity index (χ3v) is 4.02. The minimum atomic E-state index is -0.725. The van der Waals surface area contributed by atoms with E-state index in [4.69, 9.17) is 9.31 Å². The molecule has 2 aromatic rings. The van der Waals surface area contributed by atoms with Crippen molar-refractivity contribution in [3.8, 4) is 0 Å². The predicted molar refractivity (Wildman–Crippen MR) is 71.8 cm³/mol. The summed E-state index contributed by atoms with van der Waals surface area (Å²) in [5.41, 5.74) is -0.113. The van der Waals surface area contributed by atoms with Gasteiger partial charge in [-0.3, -0.25) is 0 Å². The molecule has 0 radical (unpaired) electrons. The fraction of sp³-hybridized carbons (Fsp3) is 0.462. The standard InChI is InChI=1S/C13H16BFN2O2/c1-12(2)13(3,4)19-14(18-12)9-7-8-5-6-16-11(8)17-10(9)15/h5-7H,1-4H3,(H,16,17). The van der Waals surface area contributed by atoms with Crippen LogP contribution in [0.4, 0.5) is 4.39 Å². The Balaban J connectivity index is 2.04.